The van der Waals surface area contributed by atoms with Gasteiger partial charge in [0.25, 0.3) is 0 Å². The van der Waals surface area contributed by atoms with Crippen LogP contribution in [-0.4, -0.2) is 25.5 Å². The Balaban J connectivity index is 2.00. The molecule has 6 heteroatoms. The van der Waals surface area contributed by atoms with E-state index < -0.39 is 5.97 Å². The summed E-state index contributed by atoms with van der Waals surface area (Å²) in [5.74, 6) is -0.734. The Morgan fingerprint density at radius 1 is 1.05 bits per heavy atom. The Kier molecular flexibility index (Phi) is 5.38. The third-order valence-corrected chi connectivity index (χ3v) is 3.25. The minimum absolute atomic E-state index is 0.000763. The summed E-state index contributed by atoms with van der Waals surface area (Å²) in [5.41, 5.74) is 1.44. The standard InChI is InChI=1S/C16H15ClN2O3/c1-22-16(21)11-6-2-4-8-13(11)18-10-15(20)19-14-9-5-3-7-12(14)17/h2-9,18H,10H2,1H3,(H,19,20). The number of carbonyl (C=O) groups excluding carboxylic acids is 2. The average molecular weight is 319 g/mol. The first-order valence-corrected chi connectivity index (χ1v) is 6.95. The van der Waals surface area contributed by atoms with E-state index in [1.807, 2.05) is 0 Å². The molecule has 22 heavy (non-hydrogen) atoms. The van der Waals surface area contributed by atoms with Gasteiger partial charge in [-0.25, -0.2) is 4.79 Å². The van der Waals surface area contributed by atoms with E-state index in [9.17, 15) is 9.59 Å². The quantitative estimate of drug-likeness (QED) is 0.831. The van der Waals surface area contributed by atoms with Gasteiger partial charge in [-0.3, -0.25) is 4.79 Å². The Bertz CT molecular complexity index is 689. The zero-order chi connectivity index (χ0) is 15.9. The SMILES string of the molecule is COC(=O)c1ccccc1NCC(=O)Nc1ccccc1Cl. The molecule has 114 valence electrons. The van der Waals surface area contributed by atoms with Crippen molar-refractivity contribution >= 4 is 34.9 Å². The molecule has 2 aromatic carbocycles. The maximum atomic E-state index is 11.9. The molecule has 0 fully saturated rings. The number of para-hydroxylation sites is 2. The van der Waals surface area contributed by atoms with Gasteiger partial charge in [0.15, 0.2) is 0 Å². The molecule has 0 saturated heterocycles. The molecule has 0 unspecified atom stereocenters. The molecule has 0 atom stereocenters. The van der Waals surface area contributed by atoms with Gasteiger partial charge in [-0.15, -0.1) is 0 Å². The third kappa shape index (κ3) is 3.99. The number of methoxy groups -OCH3 is 1. The van der Waals surface area contributed by atoms with Crippen molar-refractivity contribution in [3.8, 4) is 0 Å². The van der Waals surface area contributed by atoms with Crippen LogP contribution in [0.4, 0.5) is 11.4 Å². The molecule has 0 aromatic heterocycles. The number of rotatable bonds is 5. The van der Waals surface area contributed by atoms with Crippen molar-refractivity contribution in [2.24, 2.45) is 0 Å². The molecule has 2 N–H and O–H groups in total. The molecule has 2 rings (SSSR count). The van der Waals surface area contributed by atoms with E-state index in [1.165, 1.54) is 7.11 Å². The highest BCUT2D eigenvalue weighted by Crippen LogP contribution is 2.20. The number of halogens is 1. The lowest BCUT2D eigenvalue weighted by atomic mass is 10.2. The summed E-state index contributed by atoms with van der Waals surface area (Å²) in [6.07, 6.45) is 0. The number of hydrogen-bond acceptors (Lipinski definition) is 4. The summed E-state index contributed by atoms with van der Waals surface area (Å²) < 4.78 is 4.70. The molecule has 0 saturated carbocycles. The van der Waals surface area contributed by atoms with Gasteiger partial charge < -0.3 is 15.4 Å². The van der Waals surface area contributed by atoms with Gasteiger partial charge >= 0.3 is 5.97 Å². The highest BCUT2D eigenvalue weighted by molar-refractivity contribution is 6.33. The van der Waals surface area contributed by atoms with Crippen molar-refractivity contribution in [3.05, 3.63) is 59.1 Å². The molecule has 0 aliphatic rings. The van der Waals surface area contributed by atoms with Crippen LogP contribution < -0.4 is 10.6 Å². The van der Waals surface area contributed by atoms with Gasteiger partial charge in [0.2, 0.25) is 5.91 Å². The van der Waals surface area contributed by atoms with Crippen LogP contribution in [0.1, 0.15) is 10.4 Å². The number of nitrogens with one attached hydrogen (secondary N) is 2. The maximum absolute atomic E-state index is 11.9. The lowest BCUT2D eigenvalue weighted by Gasteiger charge is -2.11. The van der Waals surface area contributed by atoms with Gasteiger partial charge in [-0.1, -0.05) is 35.9 Å². The van der Waals surface area contributed by atoms with Gasteiger partial charge in [0.05, 0.1) is 29.9 Å². The Morgan fingerprint density at radius 2 is 1.68 bits per heavy atom. The topological polar surface area (TPSA) is 67.4 Å². The van der Waals surface area contributed by atoms with Crippen molar-refractivity contribution in [1.82, 2.24) is 0 Å². The summed E-state index contributed by atoms with van der Waals surface area (Å²) >= 11 is 5.97. The highest BCUT2D eigenvalue weighted by Gasteiger charge is 2.12. The van der Waals surface area contributed by atoms with Crippen molar-refractivity contribution in [3.63, 3.8) is 0 Å². The largest absolute Gasteiger partial charge is 0.465 e. The molecule has 5 nitrogen and oxygen atoms in total. The van der Waals surface area contributed by atoms with Crippen LogP contribution in [-0.2, 0) is 9.53 Å². The molecule has 0 spiro atoms. The minimum atomic E-state index is -0.463. The molecule has 0 heterocycles. The molecule has 0 bridgehead atoms. The Hall–Kier alpha value is -2.53. The van der Waals surface area contributed by atoms with Crippen molar-refractivity contribution in [1.29, 1.82) is 0 Å². The number of carbonyl (C=O) groups is 2. The predicted molar refractivity (Wildman–Crippen MR) is 86.4 cm³/mol. The van der Waals surface area contributed by atoms with Gasteiger partial charge in [0.1, 0.15) is 0 Å². The van der Waals surface area contributed by atoms with E-state index in [2.05, 4.69) is 10.6 Å². The molecule has 0 aliphatic heterocycles. The fraction of sp³-hybridized carbons (Fsp3) is 0.125. The molecule has 2 aromatic rings. The molecule has 0 aliphatic carbocycles. The second-order valence-electron chi connectivity index (χ2n) is 4.42. The summed E-state index contributed by atoms with van der Waals surface area (Å²) in [5, 5.41) is 6.07. The van der Waals surface area contributed by atoms with E-state index in [1.54, 1.807) is 48.5 Å². The normalized spacial score (nSPS) is 9.91. The molecule has 0 radical (unpaired) electrons. The minimum Gasteiger partial charge on any atom is -0.465 e. The zero-order valence-electron chi connectivity index (χ0n) is 11.9. The van der Waals surface area contributed by atoms with E-state index in [4.69, 9.17) is 16.3 Å². The van der Waals surface area contributed by atoms with Crippen LogP contribution >= 0.6 is 11.6 Å². The van der Waals surface area contributed by atoms with E-state index in [0.717, 1.165) is 0 Å². The fourth-order valence-corrected chi connectivity index (χ4v) is 2.04. The predicted octanol–water partition coefficient (Wildman–Crippen LogP) is 3.18. The second-order valence-corrected chi connectivity index (χ2v) is 4.83. The van der Waals surface area contributed by atoms with E-state index >= 15 is 0 Å². The number of ether oxygens (including phenoxy) is 1. The molecular weight excluding hydrogens is 304 g/mol. The summed E-state index contributed by atoms with van der Waals surface area (Å²) in [6, 6.07) is 13.8. The fourth-order valence-electron chi connectivity index (χ4n) is 1.86. The summed E-state index contributed by atoms with van der Waals surface area (Å²) in [6.45, 7) is -0.000763. The Labute approximate surface area is 133 Å². The molecular formula is C16H15ClN2O3. The van der Waals surface area contributed by atoms with Crippen LogP contribution in [0.25, 0.3) is 0 Å². The molecule has 1 amide bonds. The van der Waals surface area contributed by atoms with Gasteiger partial charge in [-0.05, 0) is 24.3 Å². The first-order chi connectivity index (χ1) is 10.6. The van der Waals surface area contributed by atoms with Crippen LogP contribution in [0.5, 0.6) is 0 Å². The number of esters is 1. The van der Waals surface area contributed by atoms with Gasteiger partial charge in [-0.2, -0.15) is 0 Å². The van der Waals surface area contributed by atoms with Crippen molar-refractivity contribution < 1.29 is 14.3 Å². The summed E-state index contributed by atoms with van der Waals surface area (Å²) in [4.78, 5) is 23.6. The zero-order valence-corrected chi connectivity index (χ0v) is 12.7. The van der Waals surface area contributed by atoms with Gasteiger partial charge in [0, 0.05) is 5.69 Å². The third-order valence-electron chi connectivity index (χ3n) is 2.92. The van der Waals surface area contributed by atoms with E-state index in [-0.39, 0.29) is 12.5 Å². The number of benzene rings is 2. The average Bonchev–Trinajstić information content (AvgIpc) is 2.54. The van der Waals surface area contributed by atoms with Crippen LogP contribution in [0.2, 0.25) is 5.02 Å². The van der Waals surface area contributed by atoms with Crippen LogP contribution in [0.3, 0.4) is 0 Å². The highest BCUT2D eigenvalue weighted by atomic mass is 35.5. The van der Waals surface area contributed by atoms with Crippen LogP contribution in [0, 0.1) is 0 Å². The lowest BCUT2D eigenvalue weighted by Crippen LogP contribution is -2.22. The van der Waals surface area contributed by atoms with Crippen molar-refractivity contribution in [2.45, 2.75) is 0 Å². The monoisotopic (exact) mass is 318 g/mol. The summed E-state index contributed by atoms with van der Waals surface area (Å²) in [7, 11) is 1.31. The first kappa shape index (κ1) is 15.9. The Morgan fingerprint density at radius 3 is 2.36 bits per heavy atom. The lowest BCUT2D eigenvalue weighted by molar-refractivity contribution is -0.114. The van der Waals surface area contributed by atoms with Crippen LogP contribution in [0.15, 0.2) is 48.5 Å². The van der Waals surface area contributed by atoms with E-state index in [0.29, 0.717) is 22.0 Å². The maximum Gasteiger partial charge on any atom is 0.339 e. The number of anilines is 2. The van der Waals surface area contributed by atoms with Crippen molar-refractivity contribution in [2.75, 3.05) is 24.3 Å². The number of amides is 1. The second kappa shape index (κ2) is 7.47. The smallest absolute Gasteiger partial charge is 0.339 e. The first-order valence-electron chi connectivity index (χ1n) is 6.57. The number of hydrogen-bond donors (Lipinski definition) is 2.